The van der Waals surface area contributed by atoms with Crippen LogP contribution in [0.2, 0.25) is 0 Å². The van der Waals surface area contributed by atoms with E-state index in [0.717, 1.165) is 17.7 Å². The van der Waals surface area contributed by atoms with Gasteiger partial charge in [0.2, 0.25) is 0 Å². The minimum absolute atomic E-state index is 0.227. The molecule has 0 bridgehead atoms. The normalized spacial score (nSPS) is 26.9. The summed E-state index contributed by atoms with van der Waals surface area (Å²) in [5.41, 5.74) is 2.32. The molecule has 0 saturated heterocycles. The molecule has 3 rings (SSSR count). The van der Waals surface area contributed by atoms with Gasteiger partial charge < -0.3 is 9.84 Å². The lowest BCUT2D eigenvalue weighted by Crippen LogP contribution is -2.41. The van der Waals surface area contributed by atoms with Crippen LogP contribution in [0.15, 0.2) is 18.2 Å². The van der Waals surface area contributed by atoms with Gasteiger partial charge in [0.05, 0.1) is 13.2 Å². The van der Waals surface area contributed by atoms with Crippen molar-refractivity contribution >= 4 is 0 Å². The second-order valence-electron chi connectivity index (χ2n) is 5.88. The Morgan fingerprint density at radius 3 is 2.68 bits per heavy atom. The Morgan fingerprint density at radius 2 is 2.00 bits per heavy atom. The van der Waals surface area contributed by atoms with Gasteiger partial charge >= 0.3 is 0 Å². The van der Waals surface area contributed by atoms with Gasteiger partial charge in [-0.25, -0.2) is 0 Å². The van der Waals surface area contributed by atoms with Crippen molar-refractivity contribution in [2.45, 2.75) is 50.3 Å². The molecule has 2 atom stereocenters. The molecule has 19 heavy (non-hydrogen) atoms. The molecule has 1 aromatic carbocycles. The average Bonchev–Trinajstić information content (AvgIpc) is 3.06. The predicted molar refractivity (Wildman–Crippen MR) is 75.5 cm³/mol. The van der Waals surface area contributed by atoms with Gasteiger partial charge in [-0.15, -0.1) is 0 Å². The van der Waals surface area contributed by atoms with Crippen LogP contribution in [0.4, 0.5) is 0 Å². The predicted octanol–water partition coefficient (Wildman–Crippen LogP) is 2.53. The molecule has 3 heteroatoms. The van der Waals surface area contributed by atoms with Crippen LogP contribution in [0.1, 0.15) is 42.9 Å². The first-order valence-corrected chi connectivity index (χ1v) is 7.27. The molecule has 1 saturated carbocycles. The number of rotatable bonds is 3. The third-order valence-electron chi connectivity index (χ3n) is 4.89. The summed E-state index contributed by atoms with van der Waals surface area (Å²) in [6, 6.07) is 6.95. The minimum Gasteiger partial charge on any atom is -0.497 e. The van der Waals surface area contributed by atoms with E-state index >= 15 is 0 Å². The van der Waals surface area contributed by atoms with Crippen molar-refractivity contribution in [3.05, 3.63) is 29.3 Å². The van der Waals surface area contributed by atoms with Crippen molar-refractivity contribution in [3.63, 3.8) is 0 Å². The average molecular weight is 261 g/mol. The largest absolute Gasteiger partial charge is 0.497 e. The minimum atomic E-state index is -0.379. The second kappa shape index (κ2) is 5.14. The maximum atomic E-state index is 10.6. The van der Waals surface area contributed by atoms with Crippen LogP contribution >= 0.6 is 0 Å². The van der Waals surface area contributed by atoms with Crippen LogP contribution in [0.25, 0.3) is 0 Å². The highest BCUT2D eigenvalue weighted by atomic mass is 16.5. The van der Waals surface area contributed by atoms with Gasteiger partial charge in [0.25, 0.3) is 0 Å². The van der Waals surface area contributed by atoms with E-state index in [9.17, 15) is 5.11 Å². The van der Waals surface area contributed by atoms with Crippen molar-refractivity contribution in [2.24, 2.45) is 0 Å². The molecule has 0 amide bonds. The molecule has 3 nitrogen and oxygen atoms in total. The first kappa shape index (κ1) is 12.9. The molecule has 0 spiro atoms. The lowest BCUT2D eigenvalue weighted by molar-refractivity contribution is 0.0528. The topological polar surface area (TPSA) is 32.7 Å². The molecule has 2 unspecified atom stereocenters. The Kier molecular flexibility index (Phi) is 3.50. The summed E-state index contributed by atoms with van der Waals surface area (Å²) < 4.78 is 5.26. The van der Waals surface area contributed by atoms with Crippen molar-refractivity contribution in [1.29, 1.82) is 0 Å². The summed E-state index contributed by atoms with van der Waals surface area (Å²) in [7, 11) is 3.85. The fourth-order valence-electron chi connectivity index (χ4n) is 3.65. The number of aliphatic hydroxyl groups is 1. The summed E-state index contributed by atoms with van der Waals surface area (Å²) in [5, 5.41) is 10.6. The van der Waals surface area contributed by atoms with Crippen LogP contribution in [0.3, 0.4) is 0 Å². The number of nitrogens with zero attached hydrogens (tertiary/aromatic N) is 1. The molecule has 0 aliphatic heterocycles. The molecule has 2 aliphatic carbocycles. The molecule has 1 aromatic rings. The van der Waals surface area contributed by atoms with Crippen molar-refractivity contribution in [2.75, 3.05) is 14.2 Å². The maximum absolute atomic E-state index is 10.6. The number of methoxy groups -OCH3 is 1. The fourth-order valence-corrected chi connectivity index (χ4v) is 3.65. The molecule has 2 aliphatic rings. The SMILES string of the molecule is COc1ccc2c(c1)C(O)C(N(C)C1CCCC1)C2. The van der Waals surface area contributed by atoms with E-state index < -0.39 is 0 Å². The standard InChI is InChI=1S/C16H23NO2/c1-17(12-5-3-4-6-12)15-9-11-7-8-13(19-2)10-14(11)16(15)18/h7-8,10,12,15-16,18H,3-6,9H2,1-2H3. The highest BCUT2D eigenvalue weighted by Crippen LogP contribution is 2.38. The molecule has 0 heterocycles. The number of fused-ring (bicyclic) bond motifs is 1. The molecule has 0 aromatic heterocycles. The zero-order chi connectivity index (χ0) is 13.4. The number of benzene rings is 1. The Balaban J connectivity index is 1.80. The maximum Gasteiger partial charge on any atom is 0.119 e. The highest BCUT2D eigenvalue weighted by Gasteiger charge is 2.37. The number of likely N-dealkylation sites (N-methyl/N-ethyl adjacent to an activating group) is 1. The van der Waals surface area contributed by atoms with Crippen molar-refractivity contribution in [3.8, 4) is 5.75 Å². The highest BCUT2D eigenvalue weighted by molar-refractivity contribution is 5.41. The smallest absolute Gasteiger partial charge is 0.119 e. The van der Waals surface area contributed by atoms with E-state index in [1.54, 1.807) is 7.11 Å². The van der Waals surface area contributed by atoms with E-state index in [0.29, 0.717) is 6.04 Å². The van der Waals surface area contributed by atoms with Crippen molar-refractivity contribution < 1.29 is 9.84 Å². The summed E-state index contributed by atoms with van der Waals surface area (Å²) in [4.78, 5) is 2.41. The van der Waals surface area contributed by atoms with Gasteiger partial charge in [0, 0.05) is 12.1 Å². The van der Waals surface area contributed by atoms with E-state index in [4.69, 9.17) is 4.74 Å². The zero-order valence-electron chi connectivity index (χ0n) is 11.8. The van der Waals surface area contributed by atoms with Gasteiger partial charge in [-0.05, 0) is 49.6 Å². The van der Waals surface area contributed by atoms with Crippen LogP contribution in [-0.2, 0) is 6.42 Å². The quantitative estimate of drug-likeness (QED) is 0.907. The molecular weight excluding hydrogens is 238 g/mol. The Hall–Kier alpha value is -1.06. The van der Waals surface area contributed by atoms with E-state index in [2.05, 4.69) is 18.0 Å². The molecule has 104 valence electrons. The monoisotopic (exact) mass is 261 g/mol. The number of ether oxygens (including phenoxy) is 1. The first-order chi connectivity index (χ1) is 9.20. The van der Waals surface area contributed by atoms with Crippen LogP contribution in [0, 0.1) is 0 Å². The molecule has 1 N–H and O–H groups in total. The van der Waals surface area contributed by atoms with Gasteiger partial charge in [-0.3, -0.25) is 4.90 Å². The number of hydrogen-bond donors (Lipinski definition) is 1. The Morgan fingerprint density at radius 1 is 1.26 bits per heavy atom. The third-order valence-corrected chi connectivity index (χ3v) is 4.89. The van der Waals surface area contributed by atoms with Gasteiger partial charge in [0.1, 0.15) is 5.75 Å². The lowest BCUT2D eigenvalue weighted by Gasteiger charge is -2.32. The zero-order valence-corrected chi connectivity index (χ0v) is 11.8. The molecule has 0 radical (unpaired) electrons. The Labute approximate surface area is 115 Å². The summed E-state index contributed by atoms with van der Waals surface area (Å²) in [6.07, 6.45) is 5.79. The van der Waals surface area contributed by atoms with E-state index in [-0.39, 0.29) is 12.1 Å². The fraction of sp³-hybridized carbons (Fsp3) is 0.625. The summed E-state index contributed by atoms with van der Waals surface area (Å²) >= 11 is 0. The molecular formula is C16H23NO2. The van der Waals surface area contributed by atoms with Crippen LogP contribution < -0.4 is 4.74 Å². The van der Waals surface area contributed by atoms with Crippen LogP contribution in [0.5, 0.6) is 5.75 Å². The second-order valence-corrected chi connectivity index (χ2v) is 5.88. The summed E-state index contributed by atoms with van der Waals surface area (Å²) in [5.74, 6) is 0.835. The van der Waals surface area contributed by atoms with E-state index in [1.165, 1.54) is 31.2 Å². The number of hydrogen-bond acceptors (Lipinski definition) is 3. The van der Waals surface area contributed by atoms with Gasteiger partial charge in [0.15, 0.2) is 0 Å². The molecule has 1 fully saturated rings. The van der Waals surface area contributed by atoms with Gasteiger partial charge in [-0.1, -0.05) is 18.9 Å². The number of aliphatic hydroxyl groups excluding tert-OH is 1. The Bertz CT molecular complexity index is 454. The van der Waals surface area contributed by atoms with Gasteiger partial charge in [-0.2, -0.15) is 0 Å². The van der Waals surface area contributed by atoms with Crippen LogP contribution in [-0.4, -0.2) is 36.2 Å². The third kappa shape index (κ3) is 2.26. The van der Waals surface area contributed by atoms with E-state index in [1.807, 2.05) is 12.1 Å². The first-order valence-electron chi connectivity index (χ1n) is 7.27. The lowest BCUT2D eigenvalue weighted by atomic mass is 10.1. The van der Waals surface area contributed by atoms with Crippen molar-refractivity contribution in [1.82, 2.24) is 4.90 Å². The summed E-state index contributed by atoms with van der Waals surface area (Å²) in [6.45, 7) is 0.